The molecule has 3 heteroatoms. The molecule has 0 aromatic heterocycles. The maximum atomic E-state index is 8.69. The second-order valence-electron chi connectivity index (χ2n) is 1.76. The molecule has 1 saturated heterocycles. The molecule has 42 valence electrons. The van der Waals surface area contributed by atoms with Crippen molar-refractivity contribution in [3.8, 4) is 0 Å². The molecule has 1 rings (SSSR count). The quantitative estimate of drug-likeness (QED) is 0.371. The van der Waals surface area contributed by atoms with Crippen LogP contribution in [0.25, 0.3) is 0 Å². The molecule has 3 N–H and O–H groups in total. The van der Waals surface area contributed by atoms with Crippen LogP contribution < -0.4 is 5.32 Å². The Kier molecular flexibility index (Phi) is 1.27. The molecule has 7 heavy (non-hydrogen) atoms. The predicted molar refractivity (Wildman–Crippen MR) is 24.9 cm³/mol. The van der Waals surface area contributed by atoms with Crippen molar-refractivity contribution in [3.63, 3.8) is 0 Å². The normalized spacial score (nSPS) is 40.3. The number of aliphatic hydroxyl groups is 2. The van der Waals surface area contributed by atoms with Crippen LogP contribution in [0.3, 0.4) is 0 Å². The van der Waals surface area contributed by atoms with Gasteiger partial charge in [-0.3, -0.25) is 0 Å². The van der Waals surface area contributed by atoms with Gasteiger partial charge in [0.25, 0.3) is 0 Å². The van der Waals surface area contributed by atoms with E-state index in [9.17, 15) is 0 Å². The fourth-order valence-corrected chi connectivity index (χ4v) is 0.576. The van der Waals surface area contributed by atoms with Gasteiger partial charge in [-0.15, -0.1) is 0 Å². The van der Waals surface area contributed by atoms with Gasteiger partial charge in [0.05, 0.1) is 18.8 Å². The maximum absolute atomic E-state index is 8.69. The zero-order chi connectivity index (χ0) is 5.28. The Hall–Kier alpha value is -0.120. The summed E-state index contributed by atoms with van der Waals surface area (Å²) in [5, 5.41) is 19.9. The molecule has 2 atom stereocenters. The van der Waals surface area contributed by atoms with E-state index < -0.39 is 0 Å². The Labute approximate surface area is 42.0 Å². The second-order valence-corrected chi connectivity index (χ2v) is 1.76. The maximum Gasteiger partial charge on any atom is 0.0839 e. The molecule has 0 bridgehead atoms. The van der Waals surface area contributed by atoms with Gasteiger partial charge in [-0.1, -0.05) is 0 Å². The van der Waals surface area contributed by atoms with Gasteiger partial charge in [0.2, 0.25) is 0 Å². The van der Waals surface area contributed by atoms with E-state index in [1.54, 1.807) is 0 Å². The molecular weight excluding hydrogens is 94.0 g/mol. The van der Waals surface area contributed by atoms with Crippen molar-refractivity contribution >= 4 is 0 Å². The van der Waals surface area contributed by atoms with Crippen LogP contribution in [0.4, 0.5) is 0 Å². The Balaban J connectivity index is 2.16. The van der Waals surface area contributed by atoms with Crippen LogP contribution in [0.1, 0.15) is 0 Å². The third kappa shape index (κ3) is 0.748. The highest BCUT2D eigenvalue weighted by Gasteiger charge is 2.26. The predicted octanol–water partition coefficient (Wildman–Crippen LogP) is -1.69. The van der Waals surface area contributed by atoms with Crippen LogP contribution in [0.15, 0.2) is 0 Å². The van der Waals surface area contributed by atoms with E-state index in [-0.39, 0.29) is 18.8 Å². The number of rotatable bonds is 1. The molecule has 0 amide bonds. The van der Waals surface area contributed by atoms with Crippen LogP contribution >= 0.6 is 0 Å². The summed E-state index contributed by atoms with van der Waals surface area (Å²) in [6, 6.07) is -0.0556. The van der Waals surface area contributed by atoms with E-state index >= 15 is 0 Å². The van der Waals surface area contributed by atoms with E-state index in [2.05, 4.69) is 5.32 Å². The number of hydrogen-bond acceptors (Lipinski definition) is 3. The van der Waals surface area contributed by atoms with Crippen LogP contribution in [-0.4, -0.2) is 35.5 Å². The van der Waals surface area contributed by atoms with Crippen LogP contribution in [0.2, 0.25) is 0 Å². The summed E-state index contributed by atoms with van der Waals surface area (Å²) >= 11 is 0. The van der Waals surface area contributed by atoms with Crippen LogP contribution in [0.5, 0.6) is 0 Å². The van der Waals surface area contributed by atoms with Gasteiger partial charge in [0.15, 0.2) is 0 Å². The van der Waals surface area contributed by atoms with Crippen molar-refractivity contribution in [2.75, 3.05) is 13.2 Å². The van der Waals surface area contributed by atoms with Gasteiger partial charge in [-0.05, 0) is 0 Å². The van der Waals surface area contributed by atoms with E-state index in [4.69, 9.17) is 10.2 Å². The monoisotopic (exact) mass is 103 g/mol. The molecule has 1 heterocycles. The summed E-state index contributed by atoms with van der Waals surface area (Å²) in [4.78, 5) is 0. The number of nitrogens with one attached hydrogen (secondary N) is 1. The van der Waals surface area contributed by atoms with Crippen molar-refractivity contribution in [2.24, 2.45) is 0 Å². The lowest BCUT2D eigenvalue weighted by molar-refractivity contribution is 0.0305. The highest BCUT2D eigenvalue weighted by molar-refractivity contribution is 4.86. The molecule has 0 aliphatic carbocycles. The average Bonchev–Trinajstić information content (AvgIpc) is 1.65. The standard InChI is InChI=1S/C4H9NO2/c6-2-3-4(7)1-5-3/h3-7H,1-2H2/t3?,4-/m0/s1. The fraction of sp³-hybridized carbons (Fsp3) is 1.00. The summed E-state index contributed by atoms with van der Waals surface area (Å²) in [7, 11) is 0. The molecule has 0 saturated carbocycles. The summed E-state index contributed by atoms with van der Waals surface area (Å²) in [6.07, 6.45) is -0.315. The molecule has 0 spiro atoms. The molecule has 1 fully saturated rings. The molecule has 0 aromatic rings. The zero-order valence-corrected chi connectivity index (χ0v) is 3.96. The van der Waals surface area contributed by atoms with Crippen molar-refractivity contribution in [2.45, 2.75) is 12.1 Å². The minimum atomic E-state index is -0.315. The Morgan fingerprint density at radius 1 is 1.71 bits per heavy atom. The smallest absolute Gasteiger partial charge is 0.0839 e. The fourth-order valence-electron chi connectivity index (χ4n) is 0.576. The van der Waals surface area contributed by atoms with Gasteiger partial charge in [0.1, 0.15) is 0 Å². The van der Waals surface area contributed by atoms with E-state index in [1.165, 1.54) is 0 Å². The van der Waals surface area contributed by atoms with Gasteiger partial charge in [-0.2, -0.15) is 0 Å². The number of β-amino-alcohol motifs (C(OH)–C–C–N with tert-alkyl or cyclic N) is 1. The summed E-state index contributed by atoms with van der Waals surface area (Å²) < 4.78 is 0. The first-order valence-corrected chi connectivity index (χ1v) is 2.37. The Morgan fingerprint density at radius 3 is 2.43 bits per heavy atom. The molecule has 1 unspecified atom stereocenters. The largest absolute Gasteiger partial charge is 0.395 e. The SMILES string of the molecule is OCC1NC[C@@H]1O. The van der Waals surface area contributed by atoms with Crippen molar-refractivity contribution in [3.05, 3.63) is 0 Å². The zero-order valence-electron chi connectivity index (χ0n) is 3.96. The topological polar surface area (TPSA) is 52.5 Å². The van der Waals surface area contributed by atoms with Gasteiger partial charge in [-0.25, -0.2) is 0 Å². The van der Waals surface area contributed by atoms with Crippen LogP contribution in [-0.2, 0) is 0 Å². The molecule has 1 aliphatic heterocycles. The summed E-state index contributed by atoms with van der Waals surface area (Å²) in [5.41, 5.74) is 0. The Bertz CT molecular complexity index is 64.7. The molecular formula is C4H9NO2. The molecule has 0 aromatic carbocycles. The van der Waals surface area contributed by atoms with Gasteiger partial charge >= 0.3 is 0 Å². The lowest BCUT2D eigenvalue weighted by Gasteiger charge is -2.32. The third-order valence-corrected chi connectivity index (χ3v) is 1.25. The first kappa shape index (κ1) is 5.03. The molecule has 3 nitrogen and oxygen atoms in total. The minimum absolute atomic E-state index is 0.0428. The first-order valence-electron chi connectivity index (χ1n) is 2.37. The molecule has 1 aliphatic rings. The lowest BCUT2D eigenvalue weighted by atomic mass is 10.1. The van der Waals surface area contributed by atoms with Gasteiger partial charge < -0.3 is 15.5 Å². The highest BCUT2D eigenvalue weighted by Crippen LogP contribution is 2.00. The van der Waals surface area contributed by atoms with Crippen molar-refractivity contribution in [1.82, 2.24) is 5.32 Å². The number of hydrogen-bond donors (Lipinski definition) is 3. The average molecular weight is 103 g/mol. The highest BCUT2D eigenvalue weighted by atomic mass is 16.3. The van der Waals surface area contributed by atoms with Crippen molar-refractivity contribution in [1.29, 1.82) is 0 Å². The Morgan fingerprint density at radius 2 is 2.43 bits per heavy atom. The first-order chi connectivity index (χ1) is 3.34. The third-order valence-electron chi connectivity index (χ3n) is 1.25. The summed E-state index contributed by atoms with van der Waals surface area (Å²) in [6.45, 7) is 0.673. The van der Waals surface area contributed by atoms with E-state index in [0.717, 1.165) is 0 Å². The molecule has 0 radical (unpaired) electrons. The van der Waals surface area contributed by atoms with Crippen molar-refractivity contribution < 1.29 is 10.2 Å². The van der Waals surface area contributed by atoms with E-state index in [0.29, 0.717) is 6.54 Å². The minimum Gasteiger partial charge on any atom is -0.395 e. The van der Waals surface area contributed by atoms with E-state index in [1.807, 2.05) is 0 Å². The van der Waals surface area contributed by atoms with Crippen LogP contribution in [0, 0.1) is 0 Å². The number of aliphatic hydroxyl groups excluding tert-OH is 2. The van der Waals surface area contributed by atoms with Gasteiger partial charge in [0, 0.05) is 6.54 Å². The lowest BCUT2D eigenvalue weighted by Crippen LogP contribution is -2.58. The summed E-state index contributed by atoms with van der Waals surface area (Å²) in [5.74, 6) is 0. The second kappa shape index (κ2) is 1.78.